The normalized spacial score (nSPS) is 25.4. The summed E-state index contributed by atoms with van der Waals surface area (Å²) in [4.78, 5) is 13.9. The van der Waals surface area contributed by atoms with Gasteiger partial charge in [-0.3, -0.25) is 0 Å². The number of likely N-dealkylation sites (tertiary alicyclic amines) is 1. The second kappa shape index (κ2) is 5.91. The van der Waals surface area contributed by atoms with E-state index in [2.05, 4.69) is 5.32 Å². The molecule has 0 spiro atoms. The summed E-state index contributed by atoms with van der Waals surface area (Å²) in [6.07, 6.45) is -1.77. The number of carbonyl (C=O) groups excluding carboxylic acids is 1. The SMILES string of the molecule is O=C(NC(C1CC1)C1CC1)N1CCC(C(O)C(F)(F)F)CC1. The summed E-state index contributed by atoms with van der Waals surface area (Å²) < 4.78 is 37.5. The Morgan fingerprint density at radius 2 is 1.50 bits per heavy atom. The van der Waals surface area contributed by atoms with Gasteiger partial charge in [0.15, 0.2) is 6.10 Å². The topological polar surface area (TPSA) is 52.6 Å². The molecule has 0 aromatic heterocycles. The molecule has 2 saturated carbocycles. The van der Waals surface area contributed by atoms with Crippen LogP contribution in [0.25, 0.3) is 0 Å². The van der Waals surface area contributed by atoms with Crippen LogP contribution in [0, 0.1) is 17.8 Å². The molecule has 7 heteroatoms. The van der Waals surface area contributed by atoms with Crippen LogP contribution in [-0.4, -0.2) is 47.4 Å². The van der Waals surface area contributed by atoms with E-state index in [0.29, 0.717) is 11.8 Å². The average molecular weight is 320 g/mol. The summed E-state index contributed by atoms with van der Waals surface area (Å²) in [6, 6.07) is 0.106. The van der Waals surface area contributed by atoms with Crippen LogP contribution in [0.1, 0.15) is 38.5 Å². The number of amides is 2. The van der Waals surface area contributed by atoms with Gasteiger partial charge >= 0.3 is 12.2 Å². The molecular formula is C15H23F3N2O2. The number of piperidine rings is 1. The highest BCUT2D eigenvalue weighted by Crippen LogP contribution is 2.44. The summed E-state index contributed by atoms with van der Waals surface area (Å²) in [5.41, 5.74) is 0. The van der Waals surface area contributed by atoms with E-state index in [-0.39, 0.29) is 38.0 Å². The third-order valence-corrected chi connectivity index (χ3v) is 5.16. The van der Waals surface area contributed by atoms with E-state index in [1.807, 2.05) is 0 Å². The van der Waals surface area contributed by atoms with Crippen molar-refractivity contribution in [1.82, 2.24) is 10.2 Å². The fourth-order valence-corrected chi connectivity index (χ4v) is 3.45. The van der Waals surface area contributed by atoms with Crippen molar-refractivity contribution in [1.29, 1.82) is 0 Å². The number of nitrogens with one attached hydrogen (secondary N) is 1. The Kier molecular flexibility index (Phi) is 4.27. The first-order valence-corrected chi connectivity index (χ1v) is 8.16. The maximum atomic E-state index is 12.5. The molecule has 4 nitrogen and oxygen atoms in total. The second-order valence-electron chi connectivity index (χ2n) is 6.96. The fourth-order valence-electron chi connectivity index (χ4n) is 3.45. The Balaban J connectivity index is 1.47. The summed E-state index contributed by atoms with van der Waals surface area (Å²) >= 11 is 0. The molecule has 0 aromatic rings. The van der Waals surface area contributed by atoms with Gasteiger partial charge in [-0.15, -0.1) is 0 Å². The van der Waals surface area contributed by atoms with Crippen LogP contribution < -0.4 is 5.32 Å². The number of aliphatic hydroxyl groups is 1. The maximum Gasteiger partial charge on any atom is 0.414 e. The Hall–Kier alpha value is -0.980. The zero-order valence-corrected chi connectivity index (χ0v) is 12.5. The Bertz CT molecular complexity index is 402. The van der Waals surface area contributed by atoms with Crippen molar-refractivity contribution in [2.24, 2.45) is 17.8 Å². The quantitative estimate of drug-likeness (QED) is 0.836. The molecule has 1 saturated heterocycles. The van der Waals surface area contributed by atoms with Gasteiger partial charge in [0.05, 0.1) is 0 Å². The molecule has 2 N–H and O–H groups in total. The molecule has 0 bridgehead atoms. The van der Waals surface area contributed by atoms with Crippen LogP contribution in [0.15, 0.2) is 0 Å². The van der Waals surface area contributed by atoms with Crippen molar-refractivity contribution < 1.29 is 23.1 Å². The Morgan fingerprint density at radius 1 is 1.00 bits per heavy atom. The summed E-state index contributed by atoms with van der Waals surface area (Å²) in [5.74, 6) is 0.397. The second-order valence-corrected chi connectivity index (χ2v) is 6.96. The number of alkyl halides is 3. The minimum atomic E-state index is -4.57. The Morgan fingerprint density at radius 3 is 1.91 bits per heavy atom. The molecule has 2 aliphatic carbocycles. The molecule has 3 fully saturated rings. The van der Waals surface area contributed by atoms with Crippen LogP contribution in [0.5, 0.6) is 0 Å². The third kappa shape index (κ3) is 3.67. The number of rotatable bonds is 4. The highest BCUT2D eigenvalue weighted by molar-refractivity contribution is 5.74. The van der Waals surface area contributed by atoms with Gasteiger partial charge in [0.2, 0.25) is 0 Å². The number of nitrogens with zero attached hydrogens (tertiary/aromatic N) is 1. The van der Waals surface area contributed by atoms with Crippen LogP contribution in [0.4, 0.5) is 18.0 Å². The van der Waals surface area contributed by atoms with Gasteiger partial charge < -0.3 is 15.3 Å². The van der Waals surface area contributed by atoms with Crippen molar-refractivity contribution in [2.45, 2.75) is 56.8 Å². The van der Waals surface area contributed by atoms with Crippen molar-refractivity contribution in [2.75, 3.05) is 13.1 Å². The van der Waals surface area contributed by atoms with E-state index < -0.39 is 18.2 Å². The zero-order chi connectivity index (χ0) is 15.9. The average Bonchev–Trinajstić information content (AvgIpc) is 3.36. The predicted octanol–water partition coefficient (Wildman–Crippen LogP) is 2.52. The number of hydrogen-bond donors (Lipinski definition) is 2. The molecule has 1 atom stereocenters. The van der Waals surface area contributed by atoms with E-state index in [1.54, 1.807) is 4.90 Å². The number of hydrogen-bond acceptors (Lipinski definition) is 2. The predicted molar refractivity (Wildman–Crippen MR) is 74.1 cm³/mol. The lowest BCUT2D eigenvalue weighted by atomic mass is 9.91. The van der Waals surface area contributed by atoms with Crippen LogP contribution in [0.3, 0.4) is 0 Å². The van der Waals surface area contributed by atoms with E-state index in [0.717, 1.165) is 0 Å². The molecule has 3 rings (SSSR count). The number of carbonyl (C=O) groups is 1. The third-order valence-electron chi connectivity index (χ3n) is 5.16. The summed E-state index contributed by atoms with van der Waals surface area (Å²) in [7, 11) is 0. The highest BCUT2D eigenvalue weighted by Gasteiger charge is 2.45. The van der Waals surface area contributed by atoms with Crippen LogP contribution >= 0.6 is 0 Å². The number of urea groups is 1. The molecule has 126 valence electrons. The van der Waals surface area contributed by atoms with Gasteiger partial charge in [-0.25, -0.2) is 4.79 Å². The van der Waals surface area contributed by atoms with Gasteiger partial charge in [0, 0.05) is 19.1 Å². The lowest BCUT2D eigenvalue weighted by Gasteiger charge is -2.35. The van der Waals surface area contributed by atoms with Crippen molar-refractivity contribution in [3.05, 3.63) is 0 Å². The minimum absolute atomic E-state index is 0.149. The molecule has 0 aromatic carbocycles. The molecule has 22 heavy (non-hydrogen) atoms. The standard InChI is InChI=1S/C15H23F3N2O2/c16-15(17,18)13(21)11-5-7-20(8-6-11)14(22)19-12(9-1-2-9)10-3-4-10/h9-13,21H,1-8H2,(H,19,22). The lowest BCUT2D eigenvalue weighted by Crippen LogP contribution is -2.51. The summed E-state index contributed by atoms with van der Waals surface area (Å²) in [5, 5.41) is 12.4. The van der Waals surface area contributed by atoms with E-state index in [9.17, 15) is 23.1 Å². The van der Waals surface area contributed by atoms with Gasteiger partial charge in [0.1, 0.15) is 0 Å². The summed E-state index contributed by atoms with van der Waals surface area (Å²) in [6.45, 7) is 0.567. The minimum Gasteiger partial charge on any atom is -0.383 e. The maximum absolute atomic E-state index is 12.5. The van der Waals surface area contributed by atoms with Gasteiger partial charge in [0.25, 0.3) is 0 Å². The first-order chi connectivity index (χ1) is 10.4. The molecule has 2 amide bonds. The van der Waals surface area contributed by atoms with Gasteiger partial charge in [-0.2, -0.15) is 13.2 Å². The first-order valence-electron chi connectivity index (χ1n) is 8.16. The fraction of sp³-hybridized carbons (Fsp3) is 0.933. The molecule has 1 heterocycles. The zero-order valence-electron chi connectivity index (χ0n) is 12.5. The molecule has 1 aliphatic heterocycles. The van der Waals surface area contributed by atoms with Crippen molar-refractivity contribution in [3.8, 4) is 0 Å². The van der Waals surface area contributed by atoms with Gasteiger partial charge in [-0.1, -0.05) is 0 Å². The van der Waals surface area contributed by atoms with Crippen molar-refractivity contribution >= 4 is 6.03 Å². The first kappa shape index (κ1) is 15.9. The van der Waals surface area contributed by atoms with Gasteiger partial charge in [-0.05, 0) is 56.3 Å². The largest absolute Gasteiger partial charge is 0.414 e. The van der Waals surface area contributed by atoms with Crippen LogP contribution in [-0.2, 0) is 0 Å². The molecule has 0 radical (unpaired) electrons. The van der Waals surface area contributed by atoms with E-state index >= 15 is 0 Å². The number of aliphatic hydroxyl groups excluding tert-OH is 1. The van der Waals surface area contributed by atoms with Crippen molar-refractivity contribution in [3.63, 3.8) is 0 Å². The number of halogens is 3. The Labute approximate surface area is 128 Å². The molecule has 3 aliphatic rings. The monoisotopic (exact) mass is 320 g/mol. The highest BCUT2D eigenvalue weighted by atomic mass is 19.4. The lowest BCUT2D eigenvalue weighted by molar-refractivity contribution is -0.222. The van der Waals surface area contributed by atoms with E-state index in [1.165, 1.54) is 25.7 Å². The molecule has 1 unspecified atom stereocenters. The molecular weight excluding hydrogens is 297 g/mol. The smallest absolute Gasteiger partial charge is 0.383 e. The van der Waals surface area contributed by atoms with E-state index in [4.69, 9.17) is 0 Å². The van der Waals surface area contributed by atoms with Crippen LogP contribution in [0.2, 0.25) is 0 Å².